The summed E-state index contributed by atoms with van der Waals surface area (Å²) in [6, 6.07) is 12.7. The van der Waals surface area contributed by atoms with Gasteiger partial charge >= 0.3 is 0 Å². The zero-order valence-corrected chi connectivity index (χ0v) is 12.5. The fourth-order valence-electron chi connectivity index (χ4n) is 2.17. The van der Waals surface area contributed by atoms with Gasteiger partial charge in [0, 0.05) is 23.8 Å². The Morgan fingerprint density at radius 3 is 2.71 bits per heavy atom. The van der Waals surface area contributed by atoms with Gasteiger partial charge in [-0.1, -0.05) is 35.3 Å². The van der Waals surface area contributed by atoms with E-state index in [9.17, 15) is 5.11 Å². The molecule has 0 bridgehead atoms. The Balaban J connectivity index is 1.88. The summed E-state index contributed by atoms with van der Waals surface area (Å²) >= 11 is 11.9. The van der Waals surface area contributed by atoms with Crippen LogP contribution in [-0.2, 0) is 6.54 Å². The maximum Gasteiger partial charge on any atom is 0.141 e. The molecule has 1 aromatic heterocycles. The van der Waals surface area contributed by atoms with Crippen molar-refractivity contribution in [2.75, 3.05) is 5.32 Å². The van der Waals surface area contributed by atoms with E-state index in [0.717, 1.165) is 16.6 Å². The number of aromatic hydroxyl groups is 1. The minimum absolute atomic E-state index is 0.184. The van der Waals surface area contributed by atoms with Gasteiger partial charge in [0.2, 0.25) is 0 Å². The van der Waals surface area contributed by atoms with Crippen LogP contribution in [0.1, 0.15) is 5.56 Å². The van der Waals surface area contributed by atoms with E-state index in [-0.39, 0.29) is 5.75 Å². The molecule has 3 nitrogen and oxygen atoms in total. The molecule has 0 spiro atoms. The van der Waals surface area contributed by atoms with Crippen LogP contribution in [0.15, 0.2) is 48.7 Å². The Bertz CT molecular complexity index is 805. The first kappa shape index (κ1) is 14.0. The zero-order chi connectivity index (χ0) is 14.8. The summed E-state index contributed by atoms with van der Waals surface area (Å²) in [4.78, 5) is 4.21. The lowest BCUT2D eigenvalue weighted by atomic mass is 10.1. The van der Waals surface area contributed by atoms with Crippen LogP contribution in [0.4, 0.5) is 5.69 Å². The number of hydrogen-bond donors (Lipinski definition) is 2. The topological polar surface area (TPSA) is 45.1 Å². The van der Waals surface area contributed by atoms with Crippen molar-refractivity contribution < 1.29 is 5.11 Å². The maximum atomic E-state index is 9.83. The number of phenolic OH excluding ortho intramolecular Hbond substituents is 1. The number of rotatable bonds is 3. The van der Waals surface area contributed by atoms with Gasteiger partial charge in [-0.2, -0.15) is 0 Å². The Kier molecular flexibility index (Phi) is 3.86. The lowest BCUT2D eigenvalue weighted by Crippen LogP contribution is -2.00. The zero-order valence-electron chi connectivity index (χ0n) is 11.0. The van der Waals surface area contributed by atoms with Gasteiger partial charge in [-0.3, -0.25) is 4.98 Å². The first-order valence-electron chi connectivity index (χ1n) is 6.39. The number of fused-ring (bicyclic) bond motifs is 1. The SMILES string of the molecule is Oc1ccc(CNc2ccc(Cl)c(Cl)c2)c2cccnc12. The lowest BCUT2D eigenvalue weighted by Gasteiger charge is -2.10. The van der Waals surface area contributed by atoms with Gasteiger partial charge in [-0.05, 0) is 35.9 Å². The van der Waals surface area contributed by atoms with E-state index < -0.39 is 0 Å². The van der Waals surface area contributed by atoms with Crippen LogP contribution in [0, 0.1) is 0 Å². The number of anilines is 1. The molecule has 0 amide bonds. The van der Waals surface area contributed by atoms with Crippen LogP contribution in [0.3, 0.4) is 0 Å². The fraction of sp³-hybridized carbons (Fsp3) is 0.0625. The molecule has 2 aromatic carbocycles. The Morgan fingerprint density at radius 2 is 1.90 bits per heavy atom. The molecule has 1 heterocycles. The molecule has 0 saturated heterocycles. The third kappa shape index (κ3) is 2.89. The van der Waals surface area contributed by atoms with Crippen LogP contribution < -0.4 is 5.32 Å². The van der Waals surface area contributed by atoms with E-state index in [1.54, 1.807) is 24.4 Å². The van der Waals surface area contributed by atoms with Gasteiger partial charge in [-0.15, -0.1) is 0 Å². The molecule has 0 aliphatic rings. The monoisotopic (exact) mass is 318 g/mol. The first-order valence-corrected chi connectivity index (χ1v) is 7.15. The van der Waals surface area contributed by atoms with Gasteiger partial charge in [-0.25, -0.2) is 0 Å². The van der Waals surface area contributed by atoms with Crippen molar-refractivity contribution in [1.82, 2.24) is 4.98 Å². The molecule has 0 unspecified atom stereocenters. The highest BCUT2D eigenvalue weighted by Gasteiger charge is 2.06. The van der Waals surface area contributed by atoms with Crippen molar-refractivity contribution in [2.24, 2.45) is 0 Å². The summed E-state index contributed by atoms with van der Waals surface area (Å²) in [7, 11) is 0. The largest absolute Gasteiger partial charge is 0.506 e. The molecular formula is C16H12Cl2N2O. The summed E-state index contributed by atoms with van der Waals surface area (Å²) in [5.41, 5.74) is 2.53. The number of aromatic nitrogens is 1. The summed E-state index contributed by atoms with van der Waals surface area (Å²) in [5.74, 6) is 0.184. The molecule has 5 heteroatoms. The van der Waals surface area contributed by atoms with E-state index in [1.165, 1.54) is 0 Å². The van der Waals surface area contributed by atoms with Crippen LogP contribution in [-0.4, -0.2) is 10.1 Å². The molecule has 0 radical (unpaired) electrons. The Labute approximate surface area is 132 Å². The third-order valence-corrected chi connectivity index (χ3v) is 3.98. The standard InChI is InChI=1S/C16H12Cl2N2O/c17-13-5-4-11(8-14(13)18)20-9-10-3-6-15(21)16-12(10)2-1-7-19-16/h1-8,20-21H,9H2. The van der Waals surface area contributed by atoms with Crippen molar-refractivity contribution >= 4 is 39.8 Å². The number of benzene rings is 2. The van der Waals surface area contributed by atoms with E-state index in [4.69, 9.17) is 23.2 Å². The summed E-state index contributed by atoms with van der Waals surface area (Å²) in [6.45, 7) is 0.598. The molecule has 21 heavy (non-hydrogen) atoms. The average Bonchev–Trinajstić information content (AvgIpc) is 2.50. The molecule has 3 rings (SSSR count). The molecule has 0 aliphatic carbocycles. The van der Waals surface area contributed by atoms with Crippen LogP contribution in [0.2, 0.25) is 10.0 Å². The highest BCUT2D eigenvalue weighted by atomic mass is 35.5. The van der Waals surface area contributed by atoms with Gasteiger partial charge in [0.05, 0.1) is 10.0 Å². The number of pyridine rings is 1. The predicted molar refractivity (Wildman–Crippen MR) is 87.2 cm³/mol. The van der Waals surface area contributed by atoms with Crippen molar-refractivity contribution in [1.29, 1.82) is 0 Å². The molecule has 0 saturated carbocycles. The maximum absolute atomic E-state index is 9.83. The molecule has 2 N–H and O–H groups in total. The summed E-state index contributed by atoms with van der Waals surface area (Å²) < 4.78 is 0. The smallest absolute Gasteiger partial charge is 0.141 e. The van der Waals surface area contributed by atoms with Crippen LogP contribution in [0.25, 0.3) is 10.9 Å². The molecular weight excluding hydrogens is 307 g/mol. The van der Waals surface area contributed by atoms with Gasteiger partial charge in [0.25, 0.3) is 0 Å². The van der Waals surface area contributed by atoms with Gasteiger partial charge in [0.15, 0.2) is 0 Å². The molecule has 106 valence electrons. The second kappa shape index (κ2) is 5.80. The Morgan fingerprint density at radius 1 is 1.05 bits per heavy atom. The molecule has 3 aromatic rings. The van der Waals surface area contributed by atoms with Crippen molar-refractivity contribution in [3.05, 3.63) is 64.3 Å². The van der Waals surface area contributed by atoms with E-state index in [1.807, 2.05) is 24.3 Å². The molecule has 0 atom stereocenters. The highest BCUT2D eigenvalue weighted by molar-refractivity contribution is 6.42. The van der Waals surface area contributed by atoms with Crippen molar-refractivity contribution in [3.63, 3.8) is 0 Å². The van der Waals surface area contributed by atoms with Crippen LogP contribution in [0.5, 0.6) is 5.75 Å². The fourth-order valence-corrected chi connectivity index (χ4v) is 2.47. The minimum Gasteiger partial charge on any atom is -0.506 e. The number of halogens is 2. The molecule has 0 aliphatic heterocycles. The minimum atomic E-state index is 0.184. The second-order valence-electron chi connectivity index (χ2n) is 4.63. The summed E-state index contributed by atoms with van der Waals surface area (Å²) in [6.07, 6.45) is 1.66. The van der Waals surface area contributed by atoms with E-state index >= 15 is 0 Å². The highest BCUT2D eigenvalue weighted by Crippen LogP contribution is 2.28. The van der Waals surface area contributed by atoms with Gasteiger partial charge < -0.3 is 10.4 Å². The second-order valence-corrected chi connectivity index (χ2v) is 5.44. The van der Waals surface area contributed by atoms with Crippen LogP contribution >= 0.6 is 23.2 Å². The van der Waals surface area contributed by atoms with Crippen molar-refractivity contribution in [3.8, 4) is 5.75 Å². The quantitative estimate of drug-likeness (QED) is 0.725. The number of nitrogens with zero attached hydrogens (tertiary/aromatic N) is 1. The predicted octanol–water partition coefficient (Wildman–Crippen LogP) is 4.86. The third-order valence-electron chi connectivity index (χ3n) is 3.24. The number of nitrogens with one attached hydrogen (secondary N) is 1. The first-order chi connectivity index (χ1) is 10.1. The molecule has 0 fully saturated rings. The normalized spacial score (nSPS) is 10.8. The Hall–Kier alpha value is -1.97. The van der Waals surface area contributed by atoms with Crippen molar-refractivity contribution in [2.45, 2.75) is 6.54 Å². The van der Waals surface area contributed by atoms with E-state index in [2.05, 4.69) is 10.3 Å². The summed E-state index contributed by atoms with van der Waals surface area (Å²) in [5, 5.41) is 15.1. The number of phenols is 1. The average molecular weight is 319 g/mol. The van der Waals surface area contributed by atoms with E-state index in [0.29, 0.717) is 22.1 Å². The number of hydrogen-bond acceptors (Lipinski definition) is 3. The lowest BCUT2D eigenvalue weighted by molar-refractivity contribution is 0.480. The van der Waals surface area contributed by atoms with Gasteiger partial charge in [0.1, 0.15) is 11.3 Å².